The van der Waals surface area contributed by atoms with Crippen LogP contribution in [0.4, 0.5) is 0 Å². The average Bonchev–Trinajstić information content (AvgIpc) is 2.85. The Morgan fingerprint density at radius 3 is 2.67 bits per heavy atom. The molecule has 0 unspecified atom stereocenters. The van der Waals surface area contributed by atoms with Crippen LogP contribution in [0.15, 0.2) is 6.07 Å². The first kappa shape index (κ1) is 14.2. The predicted molar refractivity (Wildman–Crippen MR) is 80.1 cm³/mol. The van der Waals surface area contributed by atoms with E-state index in [0.29, 0.717) is 14.7 Å². The molecule has 98 valence electrons. The van der Waals surface area contributed by atoms with E-state index >= 15 is 0 Å². The molecule has 0 fully saturated rings. The lowest BCUT2D eigenvalue weighted by atomic mass is 10.3. The molecule has 0 saturated carbocycles. The maximum Gasteiger partial charge on any atom is 0.150 e. The molecule has 2 rings (SSSR count). The molecule has 0 bridgehead atoms. The van der Waals surface area contributed by atoms with Crippen molar-refractivity contribution in [1.29, 1.82) is 0 Å². The summed E-state index contributed by atoms with van der Waals surface area (Å²) in [4.78, 5) is 0. The van der Waals surface area contributed by atoms with E-state index in [-0.39, 0.29) is 0 Å². The summed E-state index contributed by atoms with van der Waals surface area (Å²) in [6.07, 6.45) is 0.880. The van der Waals surface area contributed by atoms with Crippen molar-refractivity contribution in [1.82, 2.24) is 15.5 Å². The van der Waals surface area contributed by atoms with E-state index in [0.717, 1.165) is 28.5 Å². The van der Waals surface area contributed by atoms with E-state index in [1.807, 2.05) is 6.07 Å². The van der Waals surface area contributed by atoms with Crippen molar-refractivity contribution in [2.24, 2.45) is 0 Å². The quantitative estimate of drug-likeness (QED) is 0.900. The van der Waals surface area contributed by atoms with Crippen molar-refractivity contribution in [2.75, 3.05) is 6.54 Å². The number of nitrogens with one attached hydrogen (secondary N) is 1. The lowest BCUT2D eigenvalue weighted by molar-refractivity contribution is 0.588. The Labute approximate surface area is 124 Å². The maximum absolute atomic E-state index is 6.10. The van der Waals surface area contributed by atoms with Gasteiger partial charge >= 0.3 is 0 Å². The van der Waals surface area contributed by atoms with Gasteiger partial charge in [0.2, 0.25) is 0 Å². The molecular formula is C11H13Cl2N3S2. The molecule has 7 heteroatoms. The molecule has 0 aliphatic heterocycles. The van der Waals surface area contributed by atoms with Gasteiger partial charge in [0, 0.05) is 24.6 Å². The Bertz CT molecular complexity index is 522. The van der Waals surface area contributed by atoms with E-state index in [2.05, 4.69) is 29.4 Å². The van der Waals surface area contributed by atoms with E-state index < -0.39 is 0 Å². The number of aromatic nitrogens is 2. The molecule has 0 saturated heterocycles. The summed E-state index contributed by atoms with van der Waals surface area (Å²) in [5.41, 5.74) is 0.882. The Kier molecular flexibility index (Phi) is 4.98. The second-order valence-electron chi connectivity index (χ2n) is 4.10. The third-order valence-electron chi connectivity index (χ3n) is 2.25. The van der Waals surface area contributed by atoms with Crippen LogP contribution in [0.1, 0.15) is 18.9 Å². The summed E-state index contributed by atoms with van der Waals surface area (Å²) in [5, 5.41) is 13.5. The largest absolute Gasteiger partial charge is 0.314 e. The summed E-state index contributed by atoms with van der Waals surface area (Å²) >= 11 is 14.9. The second kappa shape index (κ2) is 6.30. The number of halogens is 2. The Morgan fingerprint density at radius 2 is 2.06 bits per heavy atom. The fourth-order valence-electron chi connectivity index (χ4n) is 1.42. The van der Waals surface area contributed by atoms with Crippen LogP contribution in [-0.2, 0) is 6.42 Å². The summed E-state index contributed by atoms with van der Waals surface area (Å²) in [6, 6.07) is 2.33. The molecule has 0 atom stereocenters. The zero-order chi connectivity index (χ0) is 13.1. The number of hydrogen-bond donors (Lipinski definition) is 1. The van der Waals surface area contributed by atoms with Gasteiger partial charge < -0.3 is 5.32 Å². The molecule has 1 N–H and O–H groups in total. The van der Waals surface area contributed by atoms with E-state index in [9.17, 15) is 0 Å². The molecule has 3 nitrogen and oxygen atoms in total. The van der Waals surface area contributed by atoms with Crippen LogP contribution < -0.4 is 5.32 Å². The first-order valence-corrected chi connectivity index (χ1v) is 7.96. The van der Waals surface area contributed by atoms with Crippen LogP contribution in [-0.4, -0.2) is 22.8 Å². The van der Waals surface area contributed by atoms with Crippen molar-refractivity contribution in [2.45, 2.75) is 26.3 Å². The van der Waals surface area contributed by atoms with Crippen molar-refractivity contribution in [3.8, 4) is 10.6 Å². The van der Waals surface area contributed by atoms with Crippen molar-refractivity contribution in [3.63, 3.8) is 0 Å². The van der Waals surface area contributed by atoms with Crippen molar-refractivity contribution < 1.29 is 0 Å². The molecule has 0 aliphatic rings. The Morgan fingerprint density at radius 1 is 1.28 bits per heavy atom. The molecule has 2 aromatic heterocycles. The first-order chi connectivity index (χ1) is 8.56. The van der Waals surface area contributed by atoms with Gasteiger partial charge in [0.1, 0.15) is 14.4 Å². The highest BCUT2D eigenvalue weighted by atomic mass is 35.5. The Hall–Kier alpha value is -0.200. The topological polar surface area (TPSA) is 37.8 Å². The van der Waals surface area contributed by atoms with E-state index in [1.54, 1.807) is 11.3 Å². The minimum absolute atomic E-state index is 0.488. The Balaban J connectivity index is 2.04. The monoisotopic (exact) mass is 321 g/mol. The summed E-state index contributed by atoms with van der Waals surface area (Å²) in [6.45, 7) is 5.15. The van der Waals surface area contributed by atoms with Gasteiger partial charge in [0.15, 0.2) is 0 Å². The van der Waals surface area contributed by atoms with Gasteiger partial charge in [0.25, 0.3) is 0 Å². The van der Waals surface area contributed by atoms with E-state index in [1.165, 1.54) is 11.3 Å². The van der Waals surface area contributed by atoms with Crippen LogP contribution >= 0.6 is 45.9 Å². The zero-order valence-electron chi connectivity index (χ0n) is 10.0. The first-order valence-electron chi connectivity index (χ1n) is 5.57. The third kappa shape index (κ3) is 3.65. The second-order valence-corrected chi connectivity index (χ2v) is 7.45. The fraction of sp³-hybridized carbons (Fsp3) is 0.455. The lowest BCUT2D eigenvalue weighted by Gasteiger charge is -2.04. The van der Waals surface area contributed by atoms with Crippen LogP contribution in [0, 0.1) is 0 Å². The molecule has 0 radical (unpaired) electrons. The number of thiophene rings is 1. The minimum Gasteiger partial charge on any atom is -0.314 e. The standard InChI is InChI=1S/C11H13Cl2N3S2/c1-6(2)14-4-3-9-15-16-11(18-9)7-5-8(12)17-10(7)13/h5-6,14H,3-4H2,1-2H3. The van der Waals surface area contributed by atoms with Gasteiger partial charge in [-0.25, -0.2) is 0 Å². The molecular weight excluding hydrogens is 309 g/mol. The minimum atomic E-state index is 0.488. The fourth-order valence-corrected chi connectivity index (χ4v) is 3.87. The van der Waals surface area contributed by atoms with Gasteiger partial charge in [-0.05, 0) is 6.07 Å². The number of hydrogen-bond acceptors (Lipinski definition) is 5. The normalized spacial score (nSPS) is 11.4. The van der Waals surface area contributed by atoms with Crippen LogP contribution in [0.3, 0.4) is 0 Å². The molecule has 2 heterocycles. The van der Waals surface area contributed by atoms with Gasteiger partial charge in [0.05, 0.1) is 4.34 Å². The van der Waals surface area contributed by atoms with Gasteiger partial charge in [-0.15, -0.1) is 21.5 Å². The molecule has 0 aromatic carbocycles. The van der Waals surface area contributed by atoms with Gasteiger partial charge in [-0.2, -0.15) is 0 Å². The zero-order valence-corrected chi connectivity index (χ0v) is 13.2. The highest BCUT2D eigenvalue weighted by molar-refractivity contribution is 7.21. The number of rotatable bonds is 5. The molecule has 0 amide bonds. The molecule has 0 spiro atoms. The molecule has 2 aromatic rings. The summed E-state index contributed by atoms with van der Waals surface area (Å²) in [5.74, 6) is 0. The van der Waals surface area contributed by atoms with Crippen LogP contribution in [0.25, 0.3) is 10.6 Å². The smallest absolute Gasteiger partial charge is 0.150 e. The third-order valence-corrected chi connectivity index (χ3v) is 4.75. The van der Waals surface area contributed by atoms with Gasteiger partial charge in [-0.1, -0.05) is 48.4 Å². The van der Waals surface area contributed by atoms with Crippen molar-refractivity contribution >= 4 is 45.9 Å². The molecule has 18 heavy (non-hydrogen) atoms. The van der Waals surface area contributed by atoms with E-state index in [4.69, 9.17) is 23.2 Å². The number of nitrogens with zero attached hydrogens (tertiary/aromatic N) is 2. The van der Waals surface area contributed by atoms with Crippen LogP contribution in [0.5, 0.6) is 0 Å². The SMILES string of the molecule is CC(C)NCCc1nnc(-c2cc(Cl)sc2Cl)s1. The molecule has 0 aliphatic carbocycles. The lowest BCUT2D eigenvalue weighted by Crippen LogP contribution is -2.24. The van der Waals surface area contributed by atoms with Gasteiger partial charge in [-0.3, -0.25) is 0 Å². The van der Waals surface area contributed by atoms with Crippen LogP contribution in [0.2, 0.25) is 8.67 Å². The van der Waals surface area contributed by atoms with Crippen molar-refractivity contribution in [3.05, 3.63) is 19.7 Å². The summed E-state index contributed by atoms with van der Waals surface area (Å²) in [7, 11) is 0. The highest BCUT2D eigenvalue weighted by Crippen LogP contribution is 2.39. The average molecular weight is 322 g/mol. The highest BCUT2D eigenvalue weighted by Gasteiger charge is 2.13. The predicted octanol–water partition coefficient (Wildman–Crippen LogP) is 4.11. The maximum atomic E-state index is 6.10. The summed E-state index contributed by atoms with van der Waals surface area (Å²) < 4.78 is 1.34.